The van der Waals surface area contributed by atoms with Gasteiger partial charge in [-0.2, -0.15) is 0 Å². The van der Waals surface area contributed by atoms with Gasteiger partial charge in [0.15, 0.2) is 11.6 Å². The van der Waals surface area contributed by atoms with Gasteiger partial charge in [0.2, 0.25) is 0 Å². The van der Waals surface area contributed by atoms with Crippen molar-refractivity contribution >= 4 is 45.6 Å². The smallest absolute Gasteiger partial charge is 0.169 e. The van der Waals surface area contributed by atoms with Crippen LogP contribution in [-0.2, 0) is 6.42 Å². The molecule has 0 aliphatic heterocycles. The number of rotatable bonds is 4. The second kappa shape index (κ2) is 5.64. The highest BCUT2D eigenvalue weighted by Crippen LogP contribution is 2.22. The Bertz CT molecular complexity index is 741. The number of para-hydroxylation sites is 2. The van der Waals surface area contributed by atoms with Crippen LogP contribution in [0.15, 0.2) is 36.4 Å². The molecule has 0 atom stereocenters. The molecule has 102 valence electrons. The molecule has 3 rings (SSSR count). The number of nitrogens with two attached hydrogens (primary N) is 1. The topological polar surface area (TPSA) is 63.8 Å². The number of halogens is 1. The fourth-order valence-electron chi connectivity index (χ4n) is 1.93. The number of aromatic nitrogens is 2. The van der Waals surface area contributed by atoms with E-state index in [1.54, 1.807) is 11.3 Å². The Morgan fingerprint density at radius 2 is 1.85 bits per heavy atom. The average molecular weight is 305 g/mol. The van der Waals surface area contributed by atoms with E-state index < -0.39 is 0 Å². The van der Waals surface area contributed by atoms with Crippen molar-refractivity contribution in [3.8, 4) is 0 Å². The zero-order chi connectivity index (χ0) is 13.9. The van der Waals surface area contributed by atoms with Crippen LogP contribution in [0.3, 0.4) is 0 Å². The molecular weight excluding hydrogens is 292 g/mol. The largest absolute Gasteiger partial charge is 0.381 e. The maximum atomic E-state index is 5.92. The van der Waals surface area contributed by atoms with Gasteiger partial charge in [-0.1, -0.05) is 23.7 Å². The molecule has 2 aromatic heterocycles. The lowest BCUT2D eigenvalue weighted by molar-refractivity contribution is 1.03. The van der Waals surface area contributed by atoms with Crippen molar-refractivity contribution in [3.05, 3.63) is 45.6 Å². The van der Waals surface area contributed by atoms with E-state index in [1.165, 1.54) is 4.88 Å². The molecular formula is C14H13ClN4S. The van der Waals surface area contributed by atoms with E-state index in [9.17, 15) is 0 Å². The molecule has 0 bridgehead atoms. The zero-order valence-electron chi connectivity index (χ0n) is 10.6. The number of benzene rings is 1. The molecule has 0 aliphatic rings. The van der Waals surface area contributed by atoms with Gasteiger partial charge in [-0.15, -0.1) is 11.3 Å². The Kier molecular flexibility index (Phi) is 3.71. The van der Waals surface area contributed by atoms with E-state index in [4.69, 9.17) is 17.3 Å². The van der Waals surface area contributed by atoms with E-state index >= 15 is 0 Å². The summed E-state index contributed by atoms with van der Waals surface area (Å²) >= 11 is 7.49. The van der Waals surface area contributed by atoms with Gasteiger partial charge < -0.3 is 11.1 Å². The second-order valence-electron chi connectivity index (χ2n) is 4.33. The summed E-state index contributed by atoms with van der Waals surface area (Å²) in [6.45, 7) is 0.744. The van der Waals surface area contributed by atoms with E-state index in [1.807, 2.05) is 36.4 Å². The van der Waals surface area contributed by atoms with Crippen LogP contribution in [0, 0.1) is 0 Å². The fourth-order valence-corrected chi connectivity index (χ4v) is 3.02. The van der Waals surface area contributed by atoms with Crippen molar-refractivity contribution in [2.75, 3.05) is 17.6 Å². The van der Waals surface area contributed by atoms with Gasteiger partial charge in [0.1, 0.15) is 0 Å². The SMILES string of the molecule is Nc1nc2ccccc2nc1NCCc1ccc(Cl)s1. The highest BCUT2D eigenvalue weighted by molar-refractivity contribution is 7.16. The molecule has 0 saturated heterocycles. The monoisotopic (exact) mass is 304 g/mol. The molecule has 3 N–H and O–H groups in total. The third-order valence-electron chi connectivity index (χ3n) is 2.89. The Hall–Kier alpha value is -1.85. The van der Waals surface area contributed by atoms with Gasteiger partial charge >= 0.3 is 0 Å². The van der Waals surface area contributed by atoms with Crippen LogP contribution < -0.4 is 11.1 Å². The third kappa shape index (κ3) is 2.84. The molecule has 0 unspecified atom stereocenters. The lowest BCUT2D eigenvalue weighted by Gasteiger charge is -2.08. The van der Waals surface area contributed by atoms with Gasteiger partial charge in [0.25, 0.3) is 0 Å². The quantitative estimate of drug-likeness (QED) is 0.773. The number of nitrogen functional groups attached to an aromatic ring is 1. The minimum Gasteiger partial charge on any atom is -0.381 e. The first-order valence-electron chi connectivity index (χ1n) is 6.23. The molecule has 0 fully saturated rings. The van der Waals surface area contributed by atoms with Gasteiger partial charge in [-0.05, 0) is 30.7 Å². The number of anilines is 2. The number of nitrogens with zero attached hydrogens (tertiary/aromatic N) is 2. The number of hydrogen-bond acceptors (Lipinski definition) is 5. The predicted molar refractivity (Wildman–Crippen MR) is 85.5 cm³/mol. The van der Waals surface area contributed by atoms with E-state index in [2.05, 4.69) is 15.3 Å². The third-order valence-corrected chi connectivity index (χ3v) is 4.18. The number of nitrogens with one attached hydrogen (secondary N) is 1. The maximum absolute atomic E-state index is 5.92. The van der Waals surface area contributed by atoms with E-state index in [0.29, 0.717) is 11.6 Å². The van der Waals surface area contributed by atoms with Crippen LogP contribution in [0.25, 0.3) is 11.0 Å². The van der Waals surface area contributed by atoms with Crippen LogP contribution in [0.2, 0.25) is 4.34 Å². The minimum atomic E-state index is 0.424. The molecule has 2 heterocycles. The van der Waals surface area contributed by atoms with Crippen molar-refractivity contribution in [1.82, 2.24) is 9.97 Å². The molecule has 1 aromatic carbocycles. The van der Waals surface area contributed by atoms with E-state index in [-0.39, 0.29) is 0 Å². The molecule has 4 nitrogen and oxygen atoms in total. The maximum Gasteiger partial charge on any atom is 0.169 e. The number of thiophene rings is 1. The summed E-state index contributed by atoms with van der Waals surface area (Å²) in [4.78, 5) is 10.1. The van der Waals surface area contributed by atoms with Crippen LogP contribution in [0.1, 0.15) is 4.88 Å². The lowest BCUT2D eigenvalue weighted by atomic mass is 10.3. The highest BCUT2D eigenvalue weighted by atomic mass is 35.5. The standard InChI is InChI=1S/C14H13ClN4S/c15-12-6-5-9(20-12)7-8-17-14-13(16)18-10-3-1-2-4-11(10)19-14/h1-6H,7-8H2,(H2,16,18)(H,17,19). The zero-order valence-corrected chi connectivity index (χ0v) is 12.2. The summed E-state index contributed by atoms with van der Waals surface area (Å²) in [5, 5.41) is 3.23. The van der Waals surface area contributed by atoms with Crippen LogP contribution in [0.4, 0.5) is 11.6 Å². The summed E-state index contributed by atoms with van der Waals surface area (Å²) in [7, 11) is 0. The first-order chi connectivity index (χ1) is 9.72. The van der Waals surface area contributed by atoms with Crippen molar-refractivity contribution < 1.29 is 0 Å². The fraction of sp³-hybridized carbons (Fsp3) is 0.143. The second-order valence-corrected chi connectivity index (χ2v) is 6.13. The van der Waals surface area contributed by atoms with Crippen molar-refractivity contribution in [2.45, 2.75) is 6.42 Å². The Morgan fingerprint density at radius 3 is 2.55 bits per heavy atom. The van der Waals surface area contributed by atoms with Gasteiger partial charge in [-0.3, -0.25) is 0 Å². The van der Waals surface area contributed by atoms with E-state index in [0.717, 1.165) is 28.3 Å². The van der Waals surface area contributed by atoms with Crippen molar-refractivity contribution in [3.63, 3.8) is 0 Å². The molecule has 0 aliphatic carbocycles. The summed E-state index contributed by atoms with van der Waals surface area (Å²) in [5.41, 5.74) is 7.56. The summed E-state index contributed by atoms with van der Waals surface area (Å²) in [5.74, 6) is 1.05. The molecule has 20 heavy (non-hydrogen) atoms. The van der Waals surface area contributed by atoms with Gasteiger partial charge in [-0.25, -0.2) is 9.97 Å². The molecule has 6 heteroatoms. The Balaban J connectivity index is 1.72. The summed E-state index contributed by atoms with van der Waals surface area (Å²) in [6.07, 6.45) is 0.880. The van der Waals surface area contributed by atoms with Crippen LogP contribution in [-0.4, -0.2) is 16.5 Å². The summed E-state index contributed by atoms with van der Waals surface area (Å²) < 4.78 is 0.810. The molecule has 0 spiro atoms. The Morgan fingerprint density at radius 1 is 1.10 bits per heavy atom. The first kappa shape index (κ1) is 13.1. The van der Waals surface area contributed by atoms with Crippen molar-refractivity contribution in [1.29, 1.82) is 0 Å². The normalized spacial score (nSPS) is 10.8. The molecule has 0 amide bonds. The number of fused-ring (bicyclic) bond motifs is 1. The van der Waals surface area contributed by atoms with Gasteiger partial charge in [0.05, 0.1) is 15.4 Å². The molecule has 0 saturated carbocycles. The Labute approximate surface area is 125 Å². The number of hydrogen-bond donors (Lipinski definition) is 2. The van der Waals surface area contributed by atoms with Crippen LogP contribution >= 0.6 is 22.9 Å². The highest BCUT2D eigenvalue weighted by Gasteiger charge is 2.05. The lowest BCUT2D eigenvalue weighted by Crippen LogP contribution is -2.09. The first-order valence-corrected chi connectivity index (χ1v) is 7.42. The van der Waals surface area contributed by atoms with Crippen LogP contribution in [0.5, 0.6) is 0 Å². The minimum absolute atomic E-state index is 0.424. The van der Waals surface area contributed by atoms with Crippen molar-refractivity contribution in [2.24, 2.45) is 0 Å². The molecule has 0 radical (unpaired) electrons. The predicted octanol–water partition coefficient (Wildman–Crippen LogP) is 3.58. The van der Waals surface area contributed by atoms with Gasteiger partial charge in [0, 0.05) is 11.4 Å². The average Bonchev–Trinajstić information content (AvgIpc) is 2.85. The summed E-state index contributed by atoms with van der Waals surface area (Å²) in [6, 6.07) is 11.6. The molecule has 3 aromatic rings.